The predicted molar refractivity (Wildman–Crippen MR) is 103 cm³/mol. The summed E-state index contributed by atoms with van der Waals surface area (Å²) in [5.41, 5.74) is 2.18. The van der Waals surface area contributed by atoms with Crippen molar-refractivity contribution in [3.05, 3.63) is 70.3 Å². The van der Waals surface area contributed by atoms with Crippen LogP contribution < -0.4 is 5.32 Å². The smallest absolute Gasteiger partial charge is 0.269 e. The number of benzene rings is 2. The first-order chi connectivity index (χ1) is 12.6. The highest BCUT2D eigenvalue weighted by Crippen LogP contribution is 2.15. The topological polar surface area (TPSA) is 75.5 Å². The number of rotatable bonds is 10. The van der Waals surface area contributed by atoms with Gasteiger partial charge in [-0.05, 0) is 37.0 Å². The van der Waals surface area contributed by atoms with Crippen LogP contribution in [-0.4, -0.2) is 35.9 Å². The number of nitro benzene ring substituents is 1. The second-order valence-corrected chi connectivity index (χ2v) is 6.24. The third-order valence-electron chi connectivity index (χ3n) is 4.20. The molecule has 0 radical (unpaired) electrons. The summed E-state index contributed by atoms with van der Waals surface area (Å²) in [7, 11) is 1.84. The van der Waals surface area contributed by atoms with Gasteiger partial charge in [0, 0.05) is 44.4 Å². The molecular weight excluding hydrogens is 330 g/mol. The van der Waals surface area contributed by atoms with Crippen molar-refractivity contribution in [3.8, 4) is 0 Å². The molecule has 0 heterocycles. The summed E-state index contributed by atoms with van der Waals surface area (Å²) in [6.07, 6.45) is 3.13. The Morgan fingerprint density at radius 2 is 1.77 bits per heavy atom. The molecule has 0 aromatic heterocycles. The normalized spacial score (nSPS) is 10.3. The molecule has 0 unspecified atom stereocenters. The molecule has 1 N–H and O–H groups in total. The van der Waals surface area contributed by atoms with Gasteiger partial charge in [0.25, 0.3) is 5.69 Å². The van der Waals surface area contributed by atoms with Gasteiger partial charge in [-0.25, -0.2) is 0 Å². The Kier molecular flexibility index (Phi) is 7.61. The number of anilines is 1. The number of amides is 1. The maximum atomic E-state index is 12.1. The summed E-state index contributed by atoms with van der Waals surface area (Å²) < 4.78 is 0. The molecule has 138 valence electrons. The Balaban J connectivity index is 1.60. The molecule has 0 spiro atoms. The van der Waals surface area contributed by atoms with Gasteiger partial charge in [0.1, 0.15) is 0 Å². The van der Waals surface area contributed by atoms with E-state index in [2.05, 4.69) is 17.4 Å². The number of hydrogen-bond acceptors (Lipinski definition) is 4. The maximum Gasteiger partial charge on any atom is 0.269 e. The number of carbonyl (C=O) groups is 1. The summed E-state index contributed by atoms with van der Waals surface area (Å²) in [4.78, 5) is 24.1. The van der Waals surface area contributed by atoms with Gasteiger partial charge >= 0.3 is 0 Å². The number of non-ortho nitro benzene ring substituents is 1. The SMILES string of the molecule is CN(CCCc1ccccc1)C(=O)CCCNc1ccc([N+](=O)[O-])cc1. The van der Waals surface area contributed by atoms with Crippen LogP contribution in [0.25, 0.3) is 0 Å². The van der Waals surface area contributed by atoms with E-state index in [1.165, 1.54) is 17.7 Å². The molecule has 0 saturated carbocycles. The number of nitro groups is 1. The molecule has 2 rings (SSSR count). The summed E-state index contributed by atoms with van der Waals surface area (Å²) in [5.74, 6) is 0.142. The molecule has 6 heteroatoms. The quantitative estimate of drug-likeness (QED) is 0.399. The van der Waals surface area contributed by atoms with E-state index in [1.807, 2.05) is 25.2 Å². The predicted octanol–water partition coefficient (Wildman–Crippen LogP) is 3.88. The van der Waals surface area contributed by atoms with E-state index in [1.54, 1.807) is 17.0 Å². The lowest BCUT2D eigenvalue weighted by Crippen LogP contribution is -2.28. The standard InChI is InChI=1S/C20H25N3O3/c1-22(16-6-9-17-7-3-2-4-8-17)20(24)10-5-15-21-18-11-13-19(14-12-18)23(25)26/h2-4,7-8,11-14,21H,5-6,9-10,15-16H2,1H3. The van der Waals surface area contributed by atoms with Gasteiger partial charge < -0.3 is 10.2 Å². The molecule has 26 heavy (non-hydrogen) atoms. The molecule has 2 aromatic rings. The number of nitrogens with one attached hydrogen (secondary N) is 1. The molecule has 0 aliphatic carbocycles. The second kappa shape index (κ2) is 10.2. The summed E-state index contributed by atoms with van der Waals surface area (Å²) in [5, 5.41) is 13.8. The van der Waals surface area contributed by atoms with Crippen molar-refractivity contribution in [1.29, 1.82) is 0 Å². The first-order valence-electron chi connectivity index (χ1n) is 8.82. The van der Waals surface area contributed by atoms with Gasteiger partial charge in [0.05, 0.1) is 4.92 Å². The highest BCUT2D eigenvalue weighted by atomic mass is 16.6. The zero-order chi connectivity index (χ0) is 18.8. The minimum atomic E-state index is -0.421. The molecule has 0 saturated heterocycles. The first-order valence-corrected chi connectivity index (χ1v) is 8.82. The molecule has 0 fully saturated rings. The van der Waals surface area contributed by atoms with E-state index >= 15 is 0 Å². The van der Waals surface area contributed by atoms with Crippen LogP contribution in [0, 0.1) is 10.1 Å². The van der Waals surface area contributed by atoms with Crippen molar-refractivity contribution in [2.24, 2.45) is 0 Å². The second-order valence-electron chi connectivity index (χ2n) is 6.24. The maximum absolute atomic E-state index is 12.1. The highest BCUT2D eigenvalue weighted by Gasteiger charge is 2.08. The van der Waals surface area contributed by atoms with Crippen LogP contribution in [0.1, 0.15) is 24.8 Å². The molecule has 6 nitrogen and oxygen atoms in total. The molecule has 1 amide bonds. The van der Waals surface area contributed by atoms with Gasteiger partial charge in [-0.2, -0.15) is 0 Å². The van der Waals surface area contributed by atoms with E-state index in [-0.39, 0.29) is 11.6 Å². The fourth-order valence-electron chi connectivity index (χ4n) is 2.65. The van der Waals surface area contributed by atoms with Crippen LogP contribution in [0.4, 0.5) is 11.4 Å². The highest BCUT2D eigenvalue weighted by molar-refractivity contribution is 5.75. The summed E-state index contributed by atoms with van der Waals surface area (Å²) in [6.45, 7) is 1.41. The summed E-state index contributed by atoms with van der Waals surface area (Å²) >= 11 is 0. The van der Waals surface area contributed by atoms with E-state index < -0.39 is 4.92 Å². The van der Waals surface area contributed by atoms with Crippen LogP contribution in [0.3, 0.4) is 0 Å². The van der Waals surface area contributed by atoms with Crippen molar-refractivity contribution < 1.29 is 9.72 Å². The lowest BCUT2D eigenvalue weighted by atomic mass is 10.1. The van der Waals surface area contributed by atoms with Gasteiger partial charge in [0.2, 0.25) is 5.91 Å². The van der Waals surface area contributed by atoms with Crippen LogP contribution in [0.15, 0.2) is 54.6 Å². The molecule has 2 aromatic carbocycles. The van der Waals surface area contributed by atoms with Gasteiger partial charge in [-0.3, -0.25) is 14.9 Å². The molecule has 0 bridgehead atoms. The van der Waals surface area contributed by atoms with Crippen LogP contribution in [0.2, 0.25) is 0 Å². The van der Waals surface area contributed by atoms with Crippen molar-refractivity contribution in [3.63, 3.8) is 0 Å². The largest absolute Gasteiger partial charge is 0.385 e. The van der Waals surface area contributed by atoms with Crippen molar-refractivity contribution in [2.75, 3.05) is 25.5 Å². The molecule has 0 aliphatic rings. The van der Waals surface area contributed by atoms with Gasteiger partial charge in [-0.1, -0.05) is 30.3 Å². The van der Waals surface area contributed by atoms with E-state index in [9.17, 15) is 14.9 Å². The Bertz CT molecular complexity index is 702. The fraction of sp³-hybridized carbons (Fsp3) is 0.350. The van der Waals surface area contributed by atoms with Crippen LogP contribution in [0.5, 0.6) is 0 Å². The van der Waals surface area contributed by atoms with Crippen molar-refractivity contribution in [2.45, 2.75) is 25.7 Å². The van der Waals surface area contributed by atoms with E-state index in [0.717, 1.165) is 31.5 Å². The van der Waals surface area contributed by atoms with Crippen LogP contribution in [-0.2, 0) is 11.2 Å². The lowest BCUT2D eigenvalue weighted by Gasteiger charge is -2.17. The minimum absolute atomic E-state index is 0.0721. The average molecular weight is 355 g/mol. The molecular formula is C20H25N3O3. The number of carbonyl (C=O) groups excluding carboxylic acids is 1. The first kappa shape index (κ1) is 19.4. The number of hydrogen-bond donors (Lipinski definition) is 1. The monoisotopic (exact) mass is 355 g/mol. The number of nitrogens with zero attached hydrogens (tertiary/aromatic N) is 2. The van der Waals surface area contributed by atoms with Crippen molar-refractivity contribution in [1.82, 2.24) is 4.90 Å². The van der Waals surface area contributed by atoms with Crippen molar-refractivity contribution >= 4 is 17.3 Å². The average Bonchev–Trinajstić information content (AvgIpc) is 2.66. The Morgan fingerprint density at radius 3 is 2.42 bits per heavy atom. The lowest BCUT2D eigenvalue weighted by molar-refractivity contribution is -0.384. The van der Waals surface area contributed by atoms with Gasteiger partial charge in [-0.15, -0.1) is 0 Å². The fourth-order valence-corrected chi connectivity index (χ4v) is 2.65. The third kappa shape index (κ3) is 6.55. The third-order valence-corrected chi connectivity index (χ3v) is 4.20. The zero-order valence-corrected chi connectivity index (χ0v) is 15.1. The Labute approximate surface area is 154 Å². The molecule has 0 aliphatic heterocycles. The minimum Gasteiger partial charge on any atom is -0.385 e. The number of aryl methyl sites for hydroxylation is 1. The Hall–Kier alpha value is -2.89. The summed E-state index contributed by atoms with van der Waals surface area (Å²) in [6, 6.07) is 16.6. The van der Waals surface area contributed by atoms with Crippen LogP contribution >= 0.6 is 0 Å². The van der Waals surface area contributed by atoms with Gasteiger partial charge in [0.15, 0.2) is 0 Å². The van der Waals surface area contributed by atoms with E-state index in [0.29, 0.717) is 13.0 Å². The Morgan fingerprint density at radius 1 is 1.08 bits per heavy atom. The molecule has 0 atom stereocenters. The van der Waals surface area contributed by atoms with E-state index in [4.69, 9.17) is 0 Å². The zero-order valence-electron chi connectivity index (χ0n) is 15.1.